The molecule has 3 rings (SSSR count). The summed E-state index contributed by atoms with van der Waals surface area (Å²) >= 11 is 0. The van der Waals surface area contributed by atoms with Crippen molar-refractivity contribution in [2.45, 2.75) is 31.1 Å². The molecule has 0 unspecified atom stereocenters. The smallest absolute Gasteiger partial charge is 0.259 e. The van der Waals surface area contributed by atoms with Crippen molar-refractivity contribution in [1.29, 1.82) is 0 Å². The summed E-state index contributed by atoms with van der Waals surface area (Å²) in [4.78, 5) is 13.0. The Balaban J connectivity index is 1.90. The molecule has 0 bridgehead atoms. The Labute approximate surface area is 171 Å². The number of anilines is 1. The number of piperidine rings is 1. The van der Waals surface area contributed by atoms with Gasteiger partial charge in [-0.2, -0.15) is 4.31 Å². The van der Waals surface area contributed by atoms with Crippen molar-refractivity contribution in [3.63, 3.8) is 0 Å². The van der Waals surface area contributed by atoms with E-state index in [1.807, 2.05) is 0 Å². The summed E-state index contributed by atoms with van der Waals surface area (Å²) in [6.07, 6.45) is 2.78. The van der Waals surface area contributed by atoms with E-state index in [-0.39, 0.29) is 4.90 Å². The van der Waals surface area contributed by atoms with Gasteiger partial charge < -0.3 is 14.8 Å². The molecule has 0 atom stereocenters. The van der Waals surface area contributed by atoms with Crippen molar-refractivity contribution < 1.29 is 22.7 Å². The van der Waals surface area contributed by atoms with Gasteiger partial charge in [-0.1, -0.05) is 18.6 Å². The van der Waals surface area contributed by atoms with E-state index in [1.54, 1.807) is 37.3 Å². The van der Waals surface area contributed by atoms with E-state index < -0.39 is 15.9 Å². The molecular formula is C21H26N2O5S. The first-order valence-electron chi connectivity index (χ1n) is 9.51. The minimum atomic E-state index is -3.60. The number of carbonyl (C=O) groups excluding carboxylic acids is 1. The summed E-state index contributed by atoms with van der Waals surface area (Å²) in [5, 5.41) is 2.77. The highest BCUT2D eigenvalue weighted by Gasteiger charge is 2.28. The van der Waals surface area contributed by atoms with Gasteiger partial charge in [0.05, 0.1) is 24.7 Å². The van der Waals surface area contributed by atoms with Crippen LogP contribution in [0.4, 0.5) is 5.69 Å². The number of nitrogens with one attached hydrogen (secondary N) is 1. The fraction of sp³-hybridized carbons (Fsp3) is 0.381. The maximum absolute atomic E-state index is 13.1. The van der Waals surface area contributed by atoms with Gasteiger partial charge in [0.25, 0.3) is 5.91 Å². The van der Waals surface area contributed by atoms with E-state index in [4.69, 9.17) is 9.47 Å². The SMILES string of the molecule is COc1cccc(C(=O)Nc2ccc(C)c(S(=O)(=O)N3CCCCC3)c2)c1OC. The normalized spacial score (nSPS) is 15.0. The molecule has 0 saturated carbocycles. The van der Waals surface area contributed by atoms with Crippen LogP contribution in [0.3, 0.4) is 0 Å². The number of amides is 1. The number of hydrogen-bond donors (Lipinski definition) is 1. The predicted octanol–water partition coefficient (Wildman–Crippen LogP) is 3.44. The number of aryl methyl sites for hydroxylation is 1. The van der Waals surface area contributed by atoms with E-state index in [1.165, 1.54) is 24.6 Å². The molecule has 1 amide bonds. The number of hydrogen-bond acceptors (Lipinski definition) is 5. The Hall–Kier alpha value is -2.58. The van der Waals surface area contributed by atoms with Crippen molar-refractivity contribution >= 4 is 21.6 Å². The Bertz CT molecular complexity index is 998. The van der Waals surface area contributed by atoms with Gasteiger partial charge in [0, 0.05) is 18.8 Å². The van der Waals surface area contributed by atoms with Gasteiger partial charge >= 0.3 is 0 Å². The van der Waals surface area contributed by atoms with Crippen molar-refractivity contribution in [2.75, 3.05) is 32.6 Å². The first kappa shape index (κ1) is 21.1. The van der Waals surface area contributed by atoms with Crippen LogP contribution in [0.1, 0.15) is 35.2 Å². The maximum atomic E-state index is 13.1. The van der Waals surface area contributed by atoms with Crippen LogP contribution in [0.5, 0.6) is 11.5 Å². The lowest BCUT2D eigenvalue weighted by Gasteiger charge is -2.26. The minimum absolute atomic E-state index is 0.217. The molecule has 156 valence electrons. The Morgan fingerprint density at radius 3 is 2.41 bits per heavy atom. The zero-order valence-corrected chi connectivity index (χ0v) is 17.7. The van der Waals surface area contributed by atoms with E-state index >= 15 is 0 Å². The van der Waals surface area contributed by atoms with Gasteiger partial charge in [-0.05, 0) is 49.6 Å². The summed E-state index contributed by atoms with van der Waals surface area (Å²) in [6.45, 7) is 2.81. The van der Waals surface area contributed by atoms with Crippen LogP contribution in [0.15, 0.2) is 41.3 Å². The van der Waals surface area contributed by atoms with Crippen LogP contribution < -0.4 is 14.8 Å². The molecule has 2 aromatic carbocycles. The number of ether oxygens (including phenoxy) is 2. The predicted molar refractivity (Wildman–Crippen MR) is 111 cm³/mol. The molecule has 0 spiro atoms. The lowest BCUT2D eigenvalue weighted by Crippen LogP contribution is -2.36. The Morgan fingerprint density at radius 1 is 1.03 bits per heavy atom. The molecule has 8 heteroatoms. The van der Waals surface area contributed by atoms with Crippen LogP contribution in [0, 0.1) is 6.92 Å². The van der Waals surface area contributed by atoms with Crippen LogP contribution in [-0.2, 0) is 10.0 Å². The molecular weight excluding hydrogens is 392 g/mol. The number of rotatable bonds is 6. The lowest BCUT2D eigenvalue weighted by atomic mass is 10.1. The molecule has 29 heavy (non-hydrogen) atoms. The Morgan fingerprint density at radius 2 is 1.76 bits per heavy atom. The number of carbonyl (C=O) groups is 1. The topological polar surface area (TPSA) is 84.9 Å². The second-order valence-electron chi connectivity index (χ2n) is 6.94. The summed E-state index contributed by atoms with van der Waals surface area (Å²) in [5.74, 6) is 0.351. The van der Waals surface area contributed by atoms with Crippen LogP contribution in [0.2, 0.25) is 0 Å². The summed E-state index contributed by atoms with van der Waals surface area (Å²) in [5.41, 5.74) is 1.35. The standard InChI is InChI=1S/C21H26N2O5S/c1-15-10-11-16(14-19(15)29(25,26)23-12-5-4-6-13-23)22-21(24)17-8-7-9-18(27-2)20(17)28-3/h7-11,14H,4-6,12-13H2,1-3H3,(H,22,24). The molecule has 2 aromatic rings. The number of sulfonamides is 1. The lowest BCUT2D eigenvalue weighted by molar-refractivity contribution is 0.102. The summed E-state index contributed by atoms with van der Waals surface area (Å²) < 4.78 is 38.2. The number of para-hydroxylation sites is 1. The molecule has 0 aliphatic carbocycles. The second-order valence-corrected chi connectivity index (χ2v) is 8.85. The van der Waals surface area contributed by atoms with Crippen LogP contribution in [-0.4, -0.2) is 45.9 Å². The van der Waals surface area contributed by atoms with Crippen molar-refractivity contribution in [3.8, 4) is 11.5 Å². The van der Waals surface area contributed by atoms with Crippen LogP contribution in [0.25, 0.3) is 0 Å². The van der Waals surface area contributed by atoms with Gasteiger partial charge in [0.2, 0.25) is 10.0 Å². The van der Waals surface area contributed by atoms with Gasteiger partial charge in [0.1, 0.15) is 0 Å². The zero-order chi connectivity index (χ0) is 21.0. The fourth-order valence-corrected chi connectivity index (χ4v) is 5.23. The monoisotopic (exact) mass is 418 g/mol. The molecule has 1 saturated heterocycles. The Kier molecular flexibility index (Phi) is 6.44. The van der Waals surface area contributed by atoms with E-state index in [9.17, 15) is 13.2 Å². The maximum Gasteiger partial charge on any atom is 0.259 e. The fourth-order valence-electron chi connectivity index (χ4n) is 3.46. The molecule has 1 N–H and O–H groups in total. The van der Waals surface area contributed by atoms with Gasteiger partial charge in [0.15, 0.2) is 11.5 Å². The molecule has 0 radical (unpaired) electrons. The molecule has 1 aliphatic rings. The second kappa shape index (κ2) is 8.84. The number of methoxy groups -OCH3 is 2. The number of benzene rings is 2. The van der Waals surface area contributed by atoms with Gasteiger partial charge in [-0.3, -0.25) is 4.79 Å². The molecule has 7 nitrogen and oxygen atoms in total. The summed E-state index contributed by atoms with van der Waals surface area (Å²) in [6, 6.07) is 9.92. The third-order valence-corrected chi connectivity index (χ3v) is 7.07. The van der Waals surface area contributed by atoms with E-state index in [0.717, 1.165) is 19.3 Å². The third-order valence-electron chi connectivity index (χ3n) is 5.03. The highest BCUT2D eigenvalue weighted by atomic mass is 32.2. The number of nitrogens with zero attached hydrogens (tertiary/aromatic N) is 1. The molecule has 1 heterocycles. The molecule has 1 aliphatic heterocycles. The highest BCUT2D eigenvalue weighted by molar-refractivity contribution is 7.89. The third kappa shape index (κ3) is 4.38. The quantitative estimate of drug-likeness (QED) is 0.777. The van der Waals surface area contributed by atoms with Crippen molar-refractivity contribution in [1.82, 2.24) is 4.31 Å². The average molecular weight is 419 g/mol. The van der Waals surface area contributed by atoms with Crippen molar-refractivity contribution in [3.05, 3.63) is 47.5 Å². The van der Waals surface area contributed by atoms with Crippen LogP contribution >= 0.6 is 0 Å². The first-order valence-corrected chi connectivity index (χ1v) is 11.0. The minimum Gasteiger partial charge on any atom is -0.493 e. The van der Waals surface area contributed by atoms with Gasteiger partial charge in [-0.25, -0.2) is 8.42 Å². The molecule has 1 fully saturated rings. The van der Waals surface area contributed by atoms with E-state index in [2.05, 4.69) is 5.32 Å². The molecule has 0 aromatic heterocycles. The largest absolute Gasteiger partial charge is 0.493 e. The first-order chi connectivity index (χ1) is 13.9. The average Bonchev–Trinajstić information content (AvgIpc) is 2.74. The highest BCUT2D eigenvalue weighted by Crippen LogP contribution is 2.32. The van der Waals surface area contributed by atoms with Crippen molar-refractivity contribution in [2.24, 2.45) is 0 Å². The van der Waals surface area contributed by atoms with Gasteiger partial charge in [-0.15, -0.1) is 0 Å². The zero-order valence-electron chi connectivity index (χ0n) is 16.9. The summed E-state index contributed by atoms with van der Waals surface area (Å²) in [7, 11) is -0.642. The van der Waals surface area contributed by atoms with E-state index in [0.29, 0.717) is 41.4 Å².